The Morgan fingerprint density at radius 1 is 1.18 bits per heavy atom. The lowest BCUT2D eigenvalue weighted by Crippen LogP contribution is -1.98. The van der Waals surface area contributed by atoms with Gasteiger partial charge in [0.25, 0.3) is 5.69 Å². The first-order chi connectivity index (χ1) is 10.4. The number of hydrogen-bond acceptors (Lipinski definition) is 3. The first-order valence-corrected chi connectivity index (χ1v) is 6.38. The van der Waals surface area contributed by atoms with E-state index in [0.717, 1.165) is 30.4 Å². The minimum absolute atomic E-state index is 0.0101. The molecular formula is C15H8ClF2NO3. The van der Waals surface area contributed by atoms with Crippen LogP contribution in [-0.2, 0) is 0 Å². The highest BCUT2D eigenvalue weighted by Gasteiger charge is 2.15. The summed E-state index contributed by atoms with van der Waals surface area (Å²) in [5.74, 6) is -2.26. The van der Waals surface area contributed by atoms with Crippen LogP contribution in [0.4, 0.5) is 14.5 Å². The van der Waals surface area contributed by atoms with Gasteiger partial charge in [-0.1, -0.05) is 17.7 Å². The molecule has 4 nitrogen and oxygen atoms in total. The first kappa shape index (κ1) is 15.8. The number of benzene rings is 2. The van der Waals surface area contributed by atoms with Gasteiger partial charge in [0.1, 0.15) is 16.7 Å². The molecule has 0 N–H and O–H groups in total. The first-order valence-electron chi connectivity index (χ1n) is 6.00. The van der Waals surface area contributed by atoms with Crippen LogP contribution in [0.5, 0.6) is 0 Å². The molecule has 0 atom stereocenters. The second-order valence-corrected chi connectivity index (χ2v) is 4.66. The van der Waals surface area contributed by atoms with Crippen molar-refractivity contribution in [3.05, 3.63) is 80.4 Å². The highest BCUT2D eigenvalue weighted by Crippen LogP contribution is 2.25. The van der Waals surface area contributed by atoms with E-state index in [1.165, 1.54) is 18.2 Å². The van der Waals surface area contributed by atoms with E-state index < -0.39 is 28.0 Å². The molecule has 22 heavy (non-hydrogen) atoms. The Kier molecular flexibility index (Phi) is 4.62. The SMILES string of the molecule is O=C(/C=C/c1c(F)cccc1F)c1ccc(Cl)c([N+](=O)[O-])c1. The van der Waals surface area contributed by atoms with Crippen LogP contribution in [0.3, 0.4) is 0 Å². The Bertz CT molecular complexity index is 770. The third kappa shape index (κ3) is 3.35. The number of rotatable bonds is 4. The normalized spacial score (nSPS) is 10.9. The average molecular weight is 324 g/mol. The lowest BCUT2D eigenvalue weighted by Gasteiger charge is -2.00. The number of hydrogen-bond donors (Lipinski definition) is 0. The maximum absolute atomic E-state index is 13.4. The maximum atomic E-state index is 13.4. The van der Waals surface area contributed by atoms with Gasteiger partial charge >= 0.3 is 0 Å². The molecule has 0 aliphatic rings. The lowest BCUT2D eigenvalue weighted by molar-refractivity contribution is -0.384. The van der Waals surface area contributed by atoms with Crippen molar-refractivity contribution in [3.63, 3.8) is 0 Å². The van der Waals surface area contributed by atoms with E-state index in [0.29, 0.717) is 0 Å². The van der Waals surface area contributed by atoms with E-state index in [1.54, 1.807) is 0 Å². The van der Waals surface area contributed by atoms with Gasteiger partial charge in [0.15, 0.2) is 5.78 Å². The Morgan fingerprint density at radius 3 is 2.41 bits per heavy atom. The minimum atomic E-state index is -0.814. The van der Waals surface area contributed by atoms with Crippen molar-refractivity contribution in [3.8, 4) is 0 Å². The highest BCUT2D eigenvalue weighted by atomic mass is 35.5. The predicted molar refractivity (Wildman–Crippen MR) is 77.8 cm³/mol. The summed E-state index contributed by atoms with van der Waals surface area (Å²) in [4.78, 5) is 22.0. The summed E-state index contributed by atoms with van der Waals surface area (Å²) in [6.45, 7) is 0. The summed E-state index contributed by atoms with van der Waals surface area (Å²) in [5.41, 5.74) is -0.790. The minimum Gasteiger partial charge on any atom is -0.289 e. The van der Waals surface area contributed by atoms with Crippen molar-refractivity contribution in [2.45, 2.75) is 0 Å². The van der Waals surface area contributed by atoms with Gasteiger partial charge in [-0.2, -0.15) is 0 Å². The molecule has 0 amide bonds. The molecule has 0 fully saturated rings. The molecule has 7 heteroatoms. The fraction of sp³-hybridized carbons (Fsp3) is 0. The van der Waals surface area contributed by atoms with Gasteiger partial charge in [0.05, 0.1) is 4.92 Å². The number of nitrogens with zero attached hydrogens (tertiary/aromatic N) is 1. The standard InChI is InChI=1S/C15H8ClF2NO3/c16-11-6-4-9(8-14(11)19(21)22)15(20)7-5-10-12(17)2-1-3-13(10)18/h1-8H/b7-5+. The van der Waals surface area contributed by atoms with Gasteiger partial charge in [-0.15, -0.1) is 0 Å². The lowest BCUT2D eigenvalue weighted by atomic mass is 10.1. The number of carbonyl (C=O) groups excluding carboxylic acids is 1. The van der Waals surface area contributed by atoms with E-state index in [4.69, 9.17) is 11.6 Å². The number of nitro benzene ring substituents is 1. The fourth-order valence-corrected chi connectivity index (χ4v) is 1.92. The van der Waals surface area contributed by atoms with Gasteiger partial charge < -0.3 is 0 Å². The zero-order chi connectivity index (χ0) is 16.3. The van der Waals surface area contributed by atoms with Gasteiger partial charge in [-0.05, 0) is 36.4 Å². The van der Waals surface area contributed by atoms with Gasteiger partial charge in [0.2, 0.25) is 0 Å². The topological polar surface area (TPSA) is 60.2 Å². The van der Waals surface area contributed by atoms with Gasteiger partial charge in [-0.3, -0.25) is 14.9 Å². The van der Waals surface area contributed by atoms with E-state index in [-0.39, 0.29) is 16.1 Å². The molecule has 2 aromatic rings. The van der Waals surface area contributed by atoms with Crippen molar-refractivity contribution < 1.29 is 18.5 Å². The summed E-state index contributed by atoms with van der Waals surface area (Å²) in [5, 5.41) is 10.7. The Labute approximate surface area is 128 Å². The number of halogens is 3. The second kappa shape index (κ2) is 6.44. The molecule has 0 saturated carbocycles. The predicted octanol–water partition coefficient (Wildman–Crippen LogP) is 4.42. The van der Waals surface area contributed by atoms with E-state index in [1.807, 2.05) is 0 Å². The molecule has 0 spiro atoms. The molecule has 2 rings (SSSR count). The Morgan fingerprint density at radius 2 is 1.82 bits per heavy atom. The van der Waals surface area contributed by atoms with Crippen LogP contribution < -0.4 is 0 Å². The van der Waals surface area contributed by atoms with Crippen molar-refractivity contribution in [2.24, 2.45) is 0 Å². The van der Waals surface area contributed by atoms with E-state index in [9.17, 15) is 23.7 Å². The summed E-state index contributed by atoms with van der Waals surface area (Å²) in [6, 6.07) is 6.82. The molecule has 112 valence electrons. The molecule has 0 aromatic heterocycles. The molecule has 0 aliphatic carbocycles. The average Bonchev–Trinajstić information content (AvgIpc) is 2.46. The molecule has 0 radical (unpaired) electrons. The molecule has 0 unspecified atom stereocenters. The maximum Gasteiger partial charge on any atom is 0.288 e. The Hall–Kier alpha value is -2.60. The van der Waals surface area contributed by atoms with Crippen LogP contribution in [-0.4, -0.2) is 10.7 Å². The second-order valence-electron chi connectivity index (χ2n) is 4.26. The molecular weight excluding hydrogens is 316 g/mol. The molecule has 2 aromatic carbocycles. The zero-order valence-electron chi connectivity index (χ0n) is 10.9. The molecule has 0 aliphatic heterocycles. The summed E-state index contributed by atoms with van der Waals surface area (Å²) < 4.78 is 26.8. The largest absolute Gasteiger partial charge is 0.289 e. The van der Waals surface area contributed by atoms with Crippen LogP contribution >= 0.6 is 11.6 Å². The van der Waals surface area contributed by atoms with Crippen LogP contribution in [0, 0.1) is 21.7 Å². The summed E-state index contributed by atoms with van der Waals surface area (Å²) in [6.07, 6.45) is 1.92. The molecule has 0 bridgehead atoms. The van der Waals surface area contributed by atoms with Crippen LogP contribution in [0.15, 0.2) is 42.5 Å². The van der Waals surface area contributed by atoms with Crippen molar-refractivity contribution >= 4 is 29.1 Å². The zero-order valence-corrected chi connectivity index (χ0v) is 11.7. The third-order valence-corrected chi connectivity index (χ3v) is 3.15. The smallest absolute Gasteiger partial charge is 0.288 e. The van der Waals surface area contributed by atoms with Crippen LogP contribution in [0.2, 0.25) is 5.02 Å². The quantitative estimate of drug-likeness (QED) is 0.362. The summed E-state index contributed by atoms with van der Waals surface area (Å²) >= 11 is 5.64. The summed E-state index contributed by atoms with van der Waals surface area (Å²) in [7, 11) is 0. The van der Waals surface area contributed by atoms with Crippen LogP contribution in [0.1, 0.15) is 15.9 Å². The highest BCUT2D eigenvalue weighted by molar-refractivity contribution is 6.32. The Balaban J connectivity index is 2.32. The van der Waals surface area contributed by atoms with E-state index >= 15 is 0 Å². The van der Waals surface area contributed by atoms with Gasteiger partial charge in [-0.25, -0.2) is 8.78 Å². The number of carbonyl (C=O) groups is 1. The third-order valence-electron chi connectivity index (χ3n) is 2.83. The van der Waals surface area contributed by atoms with Crippen molar-refractivity contribution in [1.82, 2.24) is 0 Å². The number of ketones is 1. The van der Waals surface area contributed by atoms with Crippen molar-refractivity contribution in [2.75, 3.05) is 0 Å². The van der Waals surface area contributed by atoms with E-state index in [2.05, 4.69) is 0 Å². The molecule has 0 heterocycles. The molecule has 0 saturated heterocycles. The van der Waals surface area contributed by atoms with Crippen LogP contribution in [0.25, 0.3) is 6.08 Å². The number of allylic oxidation sites excluding steroid dienone is 1. The fourth-order valence-electron chi connectivity index (χ4n) is 1.73. The number of nitro groups is 1. The monoisotopic (exact) mass is 323 g/mol. The van der Waals surface area contributed by atoms with Crippen molar-refractivity contribution in [1.29, 1.82) is 0 Å². The van der Waals surface area contributed by atoms with Gasteiger partial charge in [0, 0.05) is 17.2 Å².